The molecule has 2 aliphatic rings. The van der Waals surface area contributed by atoms with Gasteiger partial charge in [-0.2, -0.15) is 5.26 Å². The predicted octanol–water partition coefficient (Wildman–Crippen LogP) is 4.03. The van der Waals surface area contributed by atoms with Crippen molar-refractivity contribution < 1.29 is 4.79 Å². The maximum atomic E-state index is 12.4. The van der Waals surface area contributed by atoms with Crippen molar-refractivity contribution in [2.75, 3.05) is 18.0 Å². The van der Waals surface area contributed by atoms with Crippen molar-refractivity contribution in [2.24, 2.45) is 0 Å². The van der Waals surface area contributed by atoms with E-state index in [0.29, 0.717) is 0 Å². The number of amides is 1. The molecule has 4 nitrogen and oxygen atoms in total. The molecule has 0 atom stereocenters. The Kier molecular flexibility index (Phi) is 6.11. The lowest BCUT2D eigenvalue weighted by atomic mass is 9.95. The largest absolute Gasteiger partial charge is 0.372 e. The summed E-state index contributed by atoms with van der Waals surface area (Å²) < 4.78 is 0. The summed E-state index contributed by atoms with van der Waals surface area (Å²) in [5.74, 6) is -0.241. The van der Waals surface area contributed by atoms with Crippen molar-refractivity contribution in [3.63, 3.8) is 0 Å². The van der Waals surface area contributed by atoms with E-state index in [-0.39, 0.29) is 17.5 Å². The van der Waals surface area contributed by atoms with Gasteiger partial charge < -0.3 is 10.2 Å². The number of nitrogens with one attached hydrogen (secondary N) is 1. The van der Waals surface area contributed by atoms with E-state index in [1.807, 2.05) is 12.1 Å². The molecule has 1 aliphatic heterocycles. The van der Waals surface area contributed by atoms with E-state index < -0.39 is 0 Å². The standard InChI is InChI=1S/C21H27N3O/c22-16-18(21(25)23-19-7-3-1-4-8-19)15-17-9-11-20(12-10-17)24-13-5-2-6-14-24/h9-12,15,19H,1-8,13-14H2,(H,23,25)/b18-15+. The maximum Gasteiger partial charge on any atom is 0.262 e. The first-order valence-electron chi connectivity index (χ1n) is 9.54. The average Bonchev–Trinajstić information content (AvgIpc) is 2.68. The number of piperidine rings is 1. The van der Waals surface area contributed by atoms with Crippen molar-refractivity contribution >= 4 is 17.7 Å². The van der Waals surface area contributed by atoms with E-state index >= 15 is 0 Å². The van der Waals surface area contributed by atoms with Gasteiger partial charge in [-0.05, 0) is 55.9 Å². The van der Waals surface area contributed by atoms with Gasteiger partial charge in [0, 0.05) is 24.8 Å². The zero-order valence-electron chi connectivity index (χ0n) is 14.8. The highest BCUT2D eigenvalue weighted by Crippen LogP contribution is 2.21. The fourth-order valence-corrected chi connectivity index (χ4v) is 3.76. The third kappa shape index (κ3) is 4.85. The summed E-state index contributed by atoms with van der Waals surface area (Å²) in [4.78, 5) is 14.8. The monoisotopic (exact) mass is 337 g/mol. The van der Waals surface area contributed by atoms with Crippen molar-refractivity contribution in [3.8, 4) is 6.07 Å². The molecule has 0 aromatic heterocycles. The number of anilines is 1. The van der Waals surface area contributed by atoms with Crippen molar-refractivity contribution in [3.05, 3.63) is 35.4 Å². The highest BCUT2D eigenvalue weighted by Gasteiger charge is 2.18. The number of carbonyl (C=O) groups is 1. The van der Waals surface area contributed by atoms with Gasteiger partial charge in [0.1, 0.15) is 11.6 Å². The van der Waals surface area contributed by atoms with Crippen LogP contribution in [-0.4, -0.2) is 25.0 Å². The fraction of sp³-hybridized carbons (Fsp3) is 0.524. The Hall–Kier alpha value is -2.28. The Morgan fingerprint density at radius 3 is 2.32 bits per heavy atom. The summed E-state index contributed by atoms with van der Waals surface area (Å²) >= 11 is 0. The second-order valence-corrected chi connectivity index (χ2v) is 7.12. The number of carbonyl (C=O) groups excluding carboxylic acids is 1. The number of hydrogen-bond donors (Lipinski definition) is 1. The van der Waals surface area contributed by atoms with Crippen LogP contribution in [0.3, 0.4) is 0 Å². The molecule has 0 spiro atoms. The molecule has 1 aliphatic carbocycles. The number of nitrogens with zero attached hydrogens (tertiary/aromatic N) is 2. The predicted molar refractivity (Wildman–Crippen MR) is 101 cm³/mol. The molecule has 1 saturated carbocycles. The third-order valence-electron chi connectivity index (χ3n) is 5.23. The Morgan fingerprint density at radius 1 is 1.04 bits per heavy atom. The van der Waals surface area contributed by atoms with Crippen LogP contribution in [0, 0.1) is 11.3 Å². The van der Waals surface area contributed by atoms with Crippen molar-refractivity contribution in [1.82, 2.24) is 5.32 Å². The lowest BCUT2D eigenvalue weighted by Crippen LogP contribution is -2.36. The van der Waals surface area contributed by atoms with Crippen LogP contribution in [0.5, 0.6) is 0 Å². The van der Waals surface area contributed by atoms with Gasteiger partial charge in [-0.15, -0.1) is 0 Å². The van der Waals surface area contributed by atoms with Gasteiger partial charge in [0.15, 0.2) is 0 Å². The van der Waals surface area contributed by atoms with Gasteiger partial charge in [0.2, 0.25) is 0 Å². The van der Waals surface area contributed by atoms with E-state index in [2.05, 4.69) is 28.4 Å². The average molecular weight is 337 g/mol. The first-order valence-corrected chi connectivity index (χ1v) is 9.54. The molecule has 1 heterocycles. The van der Waals surface area contributed by atoms with Crippen molar-refractivity contribution in [2.45, 2.75) is 57.4 Å². The highest BCUT2D eigenvalue weighted by molar-refractivity contribution is 6.01. The number of rotatable bonds is 4. The summed E-state index contributed by atoms with van der Waals surface area (Å²) in [6.07, 6.45) is 11.1. The smallest absolute Gasteiger partial charge is 0.262 e. The van der Waals surface area contributed by atoms with Crippen LogP contribution in [0.15, 0.2) is 29.8 Å². The summed E-state index contributed by atoms with van der Waals surface area (Å²) in [5, 5.41) is 12.4. The zero-order chi connectivity index (χ0) is 17.5. The minimum absolute atomic E-state index is 0.191. The second kappa shape index (κ2) is 8.71. The summed E-state index contributed by atoms with van der Waals surface area (Å²) in [6, 6.07) is 10.4. The Balaban J connectivity index is 1.64. The summed E-state index contributed by atoms with van der Waals surface area (Å²) in [7, 11) is 0. The number of hydrogen-bond acceptors (Lipinski definition) is 3. The Bertz CT molecular complexity index is 645. The highest BCUT2D eigenvalue weighted by atomic mass is 16.1. The van der Waals surface area contributed by atoms with Crippen LogP contribution in [0.25, 0.3) is 6.08 Å². The molecular formula is C21H27N3O. The van der Waals surface area contributed by atoms with E-state index in [4.69, 9.17) is 0 Å². The second-order valence-electron chi connectivity index (χ2n) is 7.12. The Morgan fingerprint density at radius 2 is 1.68 bits per heavy atom. The minimum atomic E-state index is -0.241. The quantitative estimate of drug-likeness (QED) is 0.666. The van der Waals surface area contributed by atoms with Crippen LogP contribution in [0.4, 0.5) is 5.69 Å². The van der Waals surface area contributed by atoms with Gasteiger partial charge in [0.25, 0.3) is 5.91 Å². The maximum absolute atomic E-state index is 12.4. The van der Waals surface area contributed by atoms with E-state index in [1.54, 1.807) is 6.08 Å². The molecule has 1 aromatic carbocycles. The van der Waals surface area contributed by atoms with E-state index in [0.717, 1.165) is 44.3 Å². The molecule has 4 heteroatoms. The third-order valence-corrected chi connectivity index (χ3v) is 5.23. The Labute approximate surface area is 150 Å². The molecule has 1 saturated heterocycles. The van der Waals surface area contributed by atoms with Crippen LogP contribution < -0.4 is 10.2 Å². The van der Waals surface area contributed by atoms with E-state index in [1.165, 1.54) is 31.4 Å². The minimum Gasteiger partial charge on any atom is -0.372 e. The molecule has 1 amide bonds. The van der Waals surface area contributed by atoms with Crippen molar-refractivity contribution in [1.29, 1.82) is 5.26 Å². The first-order chi connectivity index (χ1) is 12.3. The molecule has 132 valence electrons. The van der Waals surface area contributed by atoms with Crippen LogP contribution in [-0.2, 0) is 4.79 Å². The number of benzene rings is 1. The lowest BCUT2D eigenvalue weighted by Gasteiger charge is -2.28. The molecule has 0 radical (unpaired) electrons. The van der Waals surface area contributed by atoms with Gasteiger partial charge >= 0.3 is 0 Å². The normalized spacial score (nSPS) is 19.3. The SMILES string of the molecule is N#C/C(=C\c1ccc(N2CCCCC2)cc1)C(=O)NC1CCCCC1. The molecule has 1 N–H and O–H groups in total. The van der Waals surface area contributed by atoms with Crippen LogP contribution in [0.2, 0.25) is 0 Å². The number of nitriles is 1. The molecule has 1 aromatic rings. The topological polar surface area (TPSA) is 56.1 Å². The molecule has 3 rings (SSSR count). The summed E-state index contributed by atoms with van der Waals surface area (Å²) in [6.45, 7) is 2.23. The zero-order valence-corrected chi connectivity index (χ0v) is 14.8. The molecule has 25 heavy (non-hydrogen) atoms. The van der Waals surface area contributed by atoms with Gasteiger partial charge in [0.05, 0.1) is 0 Å². The van der Waals surface area contributed by atoms with Crippen LogP contribution in [0.1, 0.15) is 56.9 Å². The lowest BCUT2D eigenvalue weighted by molar-refractivity contribution is -0.117. The van der Waals surface area contributed by atoms with Crippen LogP contribution >= 0.6 is 0 Å². The molecular weight excluding hydrogens is 310 g/mol. The molecule has 0 bridgehead atoms. The van der Waals surface area contributed by atoms with Gasteiger partial charge in [-0.25, -0.2) is 0 Å². The molecule has 0 unspecified atom stereocenters. The summed E-state index contributed by atoms with van der Waals surface area (Å²) in [5.41, 5.74) is 2.31. The fourth-order valence-electron chi connectivity index (χ4n) is 3.76. The van der Waals surface area contributed by atoms with Gasteiger partial charge in [-0.1, -0.05) is 31.4 Å². The first kappa shape index (κ1) is 17.5. The molecule has 2 fully saturated rings. The van der Waals surface area contributed by atoms with E-state index in [9.17, 15) is 10.1 Å². The van der Waals surface area contributed by atoms with Gasteiger partial charge in [-0.3, -0.25) is 4.79 Å².